The molecule has 0 saturated heterocycles. The molecule has 0 heterocycles. The van der Waals surface area contributed by atoms with E-state index in [1.54, 1.807) is 0 Å². The molecule has 110 valence electrons. The zero-order valence-corrected chi connectivity index (χ0v) is 15.2. The van der Waals surface area contributed by atoms with E-state index >= 15 is 0 Å². The number of nitrogens with one attached hydrogen (secondary N) is 1. The summed E-state index contributed by atoms with van der Waals surface area (Å²) in [5.41, 5.74) is 2.81. The van der Waals surface area contributed by atoms with E-state index in [-0.39, 0.29) is 0 Å². The standard InChI is InChI=1S/C18H19Br2N/c1-12(14-3-2-4-17(20)9-14)21-18-10-15(11-18)13-5-7-16(19)8-6-13/h2-9,12,15,18,21H,10-11H2,1H3/t12-,15?,18?/m0/s1. The molecule has 3 rings (SSSR count). The van der Waals surface area contributed by atoms with Crippen molar-refractivity contribution in [2.75, 3.05) is 0 Å². The van der Waals surface area contributed by atoms with Crippen molar-refractivity contribution >= 4 is 31.9 Å². The fraction of sp³-hybridized carbons (Fsp3) is 0.333. The fourth-order valence-electron chi connectivity index (χ4n) is 2.99. The quantitative estimate of drug-likeness (QED) is 0.673. The van der Waals surface area contributed by atoms with Gasteiger partial charge in [-0.2, -0.15) is 0 Å². The lowest BCUT2D eigenvalue weighted by atomic mass is 9.75. The first kappa shape index (κ1) is 15.3. The molecule has 0 radical (unpaired) electrons. The molecule has 0 unspecified atom stereocenters. The molecule has 0 aliphatic heterocycles. The molecule has 1 aliphatic carbocycles. The average molecular weight is 409 g/mol. The van der Waals surface area contributed by atoms with E-state index in [1.165, 1.54) is 24.0 Å². The van der Waals surface area contributed by atoms with E-state index < -0.39 is 0 Å². The lowest BCUT2D eigenvalue weighted by Crippen LogP contribution is -2.41. The molecule has 1 saturated carbocycles. The molecule has 0 amide bonds. The smallest absolute Gasteiger partial charge is 0.0294 e. The summed E-state index contributed by atoms with van der Waals surface area (Å²) < 4.78 is 2.30. The Balaban J connectivity index is 1.54. The van der Waals surface area contributed by atoms with Crippen molar-refractivity contribution in [1.82, 2.24) is 5.32 Å². The van der Waals surface area contributed by atoms with E-state index in [1.807, 2.05) is 0 Å². The number of hydrogen-bond donors (Lipinski definition) is 1. The highest BCUT2D eigenvalue weighted by Gasteiger charge is 2.31. The largest absolute Gasteiger partial charge is 0.307 e. The van der Waals surface area contributed by atoms with Crippen LogP contribution in [0.15, 0.2) is 57.5 Å². The third-order valence-corrected chi connectivity index (χ3v) is 5.34. The highest BCUT2D eigenvalue weighted by Crippen LogP contribution is 2.38. The summed E-state index contributed by atoms with van der Waals surface area (Å²) >= 11 is 7.04. The van der Waals surface area contributed by atoms with Gasteiger partial charge in [0.2, 0.25) is 0 Å². The molecule has 1 N–H and O–H groups in total. The van der Waals surface area contributed by atoms with Crippen LogP contribution in [0, 0.1) is 0 Å². The van der Waals surface area contributed by atoms with Gasteiger partial charge in [0.15, 0.2) is 0 Å². The first-order valence-electron chi connectivity index (χ1n) is 7.39. The Kier molecular flexibility index (Phi) is 4.82. The molecule has 0 spiro atoms. The zero-order valence-electron chi connectivity index (χ0n) is 12.0. The third-order valence-electron chi connectivity index (χ3n) is 4.31. The zero-order chi connectivity index (χ0) is 14.8. The van der Waals surface area contributed by atoms with Crippen LogP contribution in [0.3, 0.4) is 0 Å². The van der Waals surface area contributed by atoms with E-state index in [9.17, 15) is 0 Å². The number of benzene rings is 2. The lowest BCUT2D eigenvalue weighted by Gasteiger charge is -2.38. The van der Waals surface area contributed by atoms with Gasteiger partial charge in [-0.1, -0.05) is 56.1 Å². The van der Waals surface area contributed by atoms with Gasteiger partial charge in [-0.3, -0.25) is 0 Å². The van der Waals surface area contributed by atoms with Gasteiger partial charge in [0.05, 0.1) is 0 Å². The Morgan fingerprint density at radius 1 is 1.00 bits per heavy atom. The molecule has 2 aromatic rings. The average Bonchev–Trinajstić information content (AvgIpc) is 2.43. The van der Waals surface area contributed by atoms with Crippen molar-refractivity contribution in [2.45, 2.75) is 37.8 Å². The van der Waals surface area contributed by atoms with Gasteiger partial charge in [-0.05, 0) is 61.1 Å². The first-order valence-corrected chi connectivity index (χ1v) is 8.97. The molecular weight excluding hydrogens is 390 g/mol. The predicted octanol–water partition coefficient (Wildman–Crippen LogP) is 5.81. The van der Waals surface area contributed by atoms with Crippen molar-refractivity contribution in [3.8, 4) is 0 Å². The highest BCUT2D eigenvalue weighted by atomic mass is 79.9. The number of hydrogen-bond acceptors (Lipinski definition) is 1. The SMILES string of the molecule is C[C@H](NC1CC(c2ccc(Br)cc2)C1)c1cccc(Br)c1. The van der Waals surface area contributed by atoms with E-state index in [0.717, 1.165) is 8.95 Å². The second kappa shape index (κ2) is 6.64. The van der Waals surface area contributed by atoms with Crippen LogP contribution in [0.2, 0.25) is 0 Å². The van der Waals surface area contributed by atoms with Gasteiger partial charge >= 0.3 is 0 Å². The van der Waals surface area contributed by atoms with E-state index in [0.29, 0.717) is 18.0 Å². The summed E-state index contributed by atoms with van der Waals surface area (Å²) in [4.78, 5) is 0. The van der Waals surface area contributed by atoms with Gasteiger partial charge < -0.3 is 5.32 Å². The van der Waals surface area contributed by atoms with E-state index in [4.69, 9.17) is 0 Å². The molecule has 1 aliphatic rings. The number of rotatable bonds is 4. The molecule has 2 aromatic carbocycles. The minimum Gasteiger partial charge on any atom is -0.307 e. The van der Waals surface area contributed by atoms with Crippen LogP contribution in [-0.2, 0) is 0 Å². The maximum Gasteiger partial charge on any atom is 0.0294 e. The van der Waals surface area contributed by atoms with Crippen LogP contribution in [-0.4, -0.2) is 6.04 Å². The third kappa shape index (κ3) is 3.77. The summed E-state index contributed by atoms with van der Waals surface area (Å²) in [7, 11) is 0. The monoisotopic (exact) mass is 407 g/mol. The highest BCUT2D eigenvalue weighted by molar-refractivity contribution is 9.10. The van der Waals surface area contributed by atoms with Crippen LogP contribution in [0.1, 0.15) is 42.9 Å². The van der Waals surface area contributed by atoms with Crippen LogP contribution >= 0.6 is 31.9 Å². The summed E-state index contributed by atoms with van der Waals surface area (Å²) in [6.07, 6.45) is 2.47. The normalized spacial score (nSPS) is 22.6. The molecule has 21 heavy (non-hydrogen) atoms. The lowest BCUT2D eigenvalue weighted by molar-refractivity contribution is 0.271. The molecule has 1 atom stereocenters. The molecule has 0 bridgehead atoms. The van der Waals surface area contributed by atoms with Crippen LogP contribution in [0.4, 0.5) is 0 Å². The van der Waals surface area contributed by atoms with Crippen molar-refractivity contribution in [3.63, 3.8) is 0 Å². The number of halogens is 2. The maximum atomic E-state index is 3.74. The topological polar surface area (TPSA) is 12.0 Å². The van der Waals surface area contributed by atoms with Gasteiger partial charge in [-0.25, -0.2) is 0 Å². The Bertz CT molecular complexity index is 603. The van der Waals surface area contributed by atoms with Gasteiger partial charge in [0.25, 0.3) is 0 Å². The molecule has 1 nitrogen and oxygen atoms in total. The van der Waals surface area contributed by atoms with E-state index in [2.05, 4.69) is 92.6 Å². The summed E-state index contributed by atoms with van der Waals surface area (Å²) in [6, 6.07) is 18.3. The Labute approximate surface area is 143 Å². The van der Waals surface area contributed by atoms with Crippen LogP contribution < -0.4 is 5.32 Å². The Morgan fingerprint density at radius 3 is 2.38 bits per heavy atom. The minimum absolute atomic E-state index is 0.401. The van der Waals surface area contributed by atoms with Crippen LogP contribution in [0.25, 0.3) is 0 Å². The minimum atomic E-state index is 0.401. The Hall–Kier alpha value is -0.640. The summed E-state index contributed by atoms with van der Waals surface area (Å²) in [5.74, 6) is 0.713. The van der Waals surface area contributed by atoms with Crippen LogP contribution in [0.5, 0.6) is 0 Å². The molecule has 0 aromatic heterocycles. The molecular formula is C18H19Br2N. The summed E-state index contributed by atoms with van der Waals surface area (Å²) in [6.45, 7) is 2.24. The Morgan fingerprint density at radius 2 is 1.71 bits per heavy atom. The van der Waals surface area contributed by atoms with Crippen molar-refractivity contribution in [1.29, 1.82) is 0 Å². The van der Waals surface area contributed by atoms with Crippen molar-refractivity contribution < 1.29 is 0 Å². The first-order chi connectivity index (χ1) is 10.1. The molecule has 1 fully saturated rings. The van der Waals surface area contributed by atoms with Gasteiger partial charge in [0, 0.05) is 21.0 Å². The van der Waals surface area contributed by atoms with Crippen molar-refractivity contribution in [3.05, 3.63) is 68.6 Å². The van der Waals surface area contributed by atoms with Crippen molar-refractivity contribution in [2.24, 2.45) is 0 Å². The maximum absolute atomic E-state index is 3.74. The fourth-order valence-corrected chi connectivity index (χ4v) is 3.67. The molecule has 3 heteroatoms. The second-order valence-electron chi connectivity index (χ2n) is 5.86. The summed E-state index contributed by atoms with van der Waals surface area (Å²) in [5, 5.41) is 3.74. The predicted molar refractivity (Wildman–Crippen MR) is 95.6 cm³/mol. The van der Waals surface area contributed by atoms with Gasteiger partial charge in [-0.15, -0.1) is 0 Å². The second-order valence-corrected chi connectivity index (χ2v) is 7.69. The van der Waals surface area contributed by atoms with Gasteiger partial charge in [0.1, 0.15) is 0 Å².